The fourth-order valence-corrected chi connectivity index (χ4v) is 8.91. The van der Waals surface area contributed by atoms with Crippen molar-refractivity contribution in [3.05, 3.63) is 241 Å². The number of hydrogen-bond donors (Lipinski definition) is 0. The highest BCUT2D eigenvalue weighted by Gasteiger charge is 2.20. The minimum absolute atomic E-state index is 1.11. The zero-order valence-corrected chi connectivity index (χ0v) is 35.7. The molecule has 0 aliphatic carbocycles. The van der Waals surface area contributed by atoms with Gasteiger partial charge in [0, 0.05) is 34.1 Å². The predicted molar refractivity (Wildman–Crippen MR) is 266 cm³/mol. The first-order valence-electron chi connectivity index (χ1n) is 21.5. The molecule has 10 rings (SSSR count). The van der Waals surface area contributed by atoms with Crippen molar-refractivity contribution in [2.24, 2.45) is 0 Å². The Hall–Kier alpha value is -7.68. The molecule has 0 heterocycles. The SMILES string of the molecule is Cc1ccc(N(c2ccc(C)cc2)c2ccc(-c3c4ccccc4c(-c4ccc(N(c5ccc(C)cc5)c5cccc(C)c5)cc4)c4cc(-c5ccccc5)ccc34)cc2)cc1. The topological polar surface area (TPSA) is 6.48 Å². The first-order valence-corrected chi connectivity index (χ1v) is 21.5. The molecule has 0 fully saturated rings. The lowest BCUT2D eigenvalue weighted by Gasteiger charge is -2.26. The number of rotatable bonds is 9. The Labute approximate surface area is 365 Å². The average Bonchev–Trinajstić information content (AvgIpc) is 3.31. The van der Waals surface area contributed by atoms with Crippen molar-refractivity contribution < 1.29 is 0 Å². The zero-order valence-electron chi connectivity index (χ0n) is 35.7. The summed E-state index contributed by atoms with van der Waals surface area (Å²) in [4.78, 5) is 4.70. The van der Waals surface area contributed by atoms with E-state index in [0.29, 0.717) is 0 Å². The summed E-state index contributed by atoms with van der Waals surface area (Å²) < 4.78 is 0. The summed E-state index contributed by atoms with van der Waals surface area (Å²) in [6, 6.07) is 80.2. The van der Waals surface area contributed by atoms with E-state index < -0.39 is 0 Å². The molecule has 0 N–H and O–H groups in total. The summed E-state index contributed by atoms with van der Waals surface area (Å²) in [7, 11) is 0. The maximum atomic E-state index is 2.40. The van der Waals surface area contributed by atoms with Gasteiger partial charge in [-0.2, -0.15) is 0 Å². The smallest absolute Gasteiger partial charge is 0.0464 e. The van der Waals surface area contributed by atoms with E-state index in [1.54, 1.807) is 0 Å². The zero-order chi connectivity index (χ0) is 42.2. The normalized spacial score (nSPS) is 11.2. The maximum absolute atomic E-state index is 2.40. The maximum Gasteiger partial charge on any atom is 0.0464 e. The van der Waals surface area contributed by atoms with Crippen LogP contribution < -0.4 is 9.80 Å². The fourth-order valence-electron chi connectivity index (χ4n) is 8.91. The molecule has 0 unspecified atom stereocenters. The van der Waals surface area contributed by atoms with Crippen molar-refractivity contribution >= 4 is 55.7 Å². The summed E-state index contributed by atoms with van der Waals surface area (Å²) in [6.07, 6.45) is 0. The van der Waals surface area contributed by atoms with Crippen LogP contribution in [0.4, 0.5) is 34.1 Å². The van der Waals surface area contributed by atoms with Gasteiger partial charge in [-0.3, -0.25) is 0 Å². The van der Waals surface area contributed by atoms with E-state index in [1.165, 1.54) is 77.2 Å². The van der Waals surface area contributed by atoms with Crippen molar-refractivity contribution in [3.8, 4) is 33.4 Å². The van der Waals surface area contributed by atoms with Crippen molar-refractivity contribution in [1.82, 2.24) is 0 Å². The number of benzene rings is 10. The van der Waals surface area contributed by atoms with Crippen molar-refractivity contribution in [3.63, 3.8) is 0 Å². The molecule has 0 aliphatic rings. The van der Waals surface area contributed by atoms with Crippen LogP contribution in [0.2, 0.25) is 0 Å². The fraction of sp³-hybridized carbons (Fsp3) is 0.0667. The molecule has 10 aromatic carbocycles. The lowest BCUT2D eigenvalue weighted by Crippen LogP contribution is -2.10. The molecule has 0 amide bonds. The largest absolute Gasteiger partial charge is 0.311 e. The molecule has 10 aromatic rings. The van der Waals surface area contributed by atoms with Gasteiger partial charge >= 0.3 is 0 Å². The Morgan fingerprint density at radius 2 is 0.613 bits per heavy atom. The van der Waals surface area contributed by atoms with Crippen LogP contribution in [0.25, 0.3) is 54.9 Å². The number of anilines is 6. The minimum atomic E-state index is 1.11. The van der Waals surface area contributed by atoms with Gasteiger partial charge in [0.1, 0.15) is 0 Å². The van der Waals surface area contributed by atoms with E-state index in [-0.39, 0.29) is 0 Å². The quantitative estimate of drug-likeness (QED) is 0.134. The first-order chi connectivity index (χ1) is 30.4. The molecule has 0 aromatic heterocycles. The van der Waals surface area contributed by atoms with Crippen molar-refractivity contribution in [1.29, 1.82) is 0 Å². The summed E-state index contributed by atoms with van der Waals surface area (Å²) in [5.41, 5.74) is 19.0. The lowest BCUT2D eigenvalue weighted by molar-refractivity contribution is 1.26. The van der Waals surface area contributed by atoms with E-state index in [1.807, 2.05) is 0 Å². The highest BCUT2D eigenvalue weighted by molar-refractivity contribution is 6.22. The van der Waals surface area contributed by atoms with Crippen LogP contribution in [0, 0.1) is 27.7 Å². The third kappa shape index (κ3) is 7.42. The molecule has 2 heteroatoms. The third-order valence-electron chi connectivity index (χ3n) is 12.1. The van der Waals surface area contributed by atoms with Gasteiger partial charge in [-0.15, -0.1) is 0 Å². The predicted octanol–water partition coefficient (Wildman–Crippen LogP) is 17.2. The van der Waals surface area contributed by atoms with Crippen molar-refractivity contribution in [2.45, 2.75) is 27.7 Å². The minimum Gasteiger partial charge on any atom is -0.311 e. The Morgan fingerprint density at radius 1 is 0.226 bits per heavy atom. The Balaban J connectivity index is 1.14. The van der Waals surface area contributed by atoms with E-state index in [9.17, 15) is 0 Å². The van der Waals surface area contributed by atoms with Crippen LogP contribution in [-0.4, -0.2) is 0 Å². The molecule has 298 valence electrons. The van der Waals surface area contributed by atoms with Gasteiger partial charge in [0.15, 0.2) is 0 Å². The lowest BCUT2D eigenvalue weighted by atomic mass is 9.84. The molecule has 0 saturated heterocycles. The summed E-state index contributed by atoms with van der Waals surface area (Å²) >= 11 is 0. The Morgan fingerprint density at radius 3 is 1.08 bits per heavy atom. The highest BCUT2D eigenvalue weighted by atomic mass is 15.1. The molecule has 62 heavy (non-hydrogen) atoms. The summed E-state index contributed by atoms with van der Waals surface area (Å²) in [6.45, 7) is 8.57. The first kappa shape index (κ1) is 38.5. The highest BCUT2D eigenvalue weighted by Crippen LogP contribution is 2.46. The number of fused-ring (bicyclic) bond motifs is 2. The van der Waals surface area contributed by atoms with Gasteiger partial charge in [-0.1, -0.05) is 156 Å². The van der Waals surface area contributed by atoms with Crippen LogP contribution in [0.5, 0.6) is 0 Å². The molecule has 0 atom stereocenters. The van der Waals surface area contributed by atoms with E-state index >= 15 is 0 Å². The second-order valence-corrected chi connectivity index (χ2v) is 16.5. The molecule has 0 aliphatic heterocycles. The van der Waals surface area contributed by atoms with Crippen molar-refractivity contribution in [2.75, 3.05) is 9.80 Å². The summed E-state index contributed by atoms with van der Waals surface area (Å²) in [5, 5.41) is 4.92. The van der Waals surface area contributed by atoms with Gasteiger partial charge in [0.05, 0.1) is 0 Å². The summed E-state index contributed by atoms with van der Waals surface area (Å²) in [5.74, 6) is 0. The van der Waals surface area contributed by atoms with Crippen LogP contribution in [0.15, 0.2) is 218 Å². The standard InChI is InChI=1S/C60H48N2/c1-41-17-28-49(29-18-41)61(50-30-19-42(2)20-31-50)52-34-23-46(24-35-52)59-55-15-8-9-16-56(55)60(58-40-48(27-38-57(58)59)45-12-6-5-7-13-45)47-25-36-53(37-26-47)62(51-32-21-43(3)22-33-51)54-14-10-11-44(4)39-54/h5-40H,1-4H3. The number of hydrogen-bond acceptors (Lipinski definition) is 2. The van der Waals surface area contributed by atoms with Crippen LogP contribution >= 0.6 is 0 Å². The van der Waals surface area contributed by atoms with Gasteiger partial charge in [-0.05, 0) is 167 Å². The third-order valence-corrected chi connectivity index (χ3v) is 12.1. The molecular weight excluding hydrogens is 749 g/mol. The Kier molecular flexibility index (Phi) is 10.2. The van der Waals surface area contributed by atoms with Gasteiger partial charge in [-0.25, -0.2) is 0 Å². The number of nitrogens with zero attached hydrogens (tertiary/aromatic N) is 2. The van der Waals surface area contributed by atoms with Crippen LogP contribution in [0.1, 0.15) is 22.3 Å². The van der Waals surface area contributed by atoms with Crippen LogP contribution in [0.3, 0.4) is 0 Å². The molecular formula is C60H48N2. The van der Waals surface area contributed by atoms with E-state index in [4.69, 9.17) is 0 Å². The molecule has 0 saturated carbocycles. The average molecular weight is 797 g/mol. The van der Waals surface area contributed by atoms with Gasteiger partial charge < -0.3 is 9.80 Å². The van der Waals surface area contributed by atoms with E-state index in [2.05, 4.69) is 256 Å². The van der Waals surface area contributed by atoms with E-state index in [0.717, 1.165) is 34.1 Å². The molecule has 2 nitrogen and oxygen atoms in total. The van der Waals surface area contributed by atoms with Gasteiger partial charge in [0.25, 0.3) is 0 Å². The van der Waals surface area contributed by atoms with Gasteiger partial charge in [0.2, 0.25) is 0 Å². The second kappa shape index (κ2) is 16.4. The van der Waals surface area contributed by atoms with Crippen LogP contribution in [-0.2, 0) is 0 Å². The molecule has 0 bridgehead atoms. The Bertz CT molecular complexity index is 3120. The second-order valence-electron chi connectivity index (χ2n) is 16.5. The molecule has 0 radical (unpaired) electrons. The molecule has 0 spiro atoms. The number of aryl methyl sites for hydroxylation is 4. The monoisotopic (exact) mass is 796 g/mol.